The van der Waals surface area contributed by atoms with Crippen molar-refractivity contribution < 1.29 is 4.42 Å². The number of rotatable bonds is 1. The Morgan fingerprint density at radius 2 is 1.89 bits per heavy atom. The van der Waals surface area contributed by atoms with Crippen LogP contribution in [0, 0.1) is 13.8 Å². The molecule has 0 aliphatic rings. The van der Waals surface area contributed by atoms with Gasteiger partial charge in [-0.15, -0.1) is 0 Å². The van der Waals surface area contributed by atoms with Gasteiger partial charge in [0.15, 0.2) is 5.58 Å². The summed E-state index contributed by atoms with van der Waals surface area (Å²) in [6.07, 6.45) is 0. The lowest BCUT2D eigenvalue weighted by Gasteiger charge is -1.99. The Morgan fingerprint density at radius 3 is 2.67 bits per heavy atom. The van der Waals surface area contributed by atoms with Crippen LogP contribution in [0.3, 0.4) is 0 Å². The van der Waals surface area contributed by atoms with Gasteiger partial charge in [-0.25, -0.2) is 4.98 Å². The molecule has 18 heavy (non-hydrogen) atoms. The third-order valence-electron chi connectivity index (χ3n) is 2.96. The minimum atomic E-state index is 0.663. The first kappa shape index (κ1) is 11.5. The number of aromatic nitrogens is 1. The highest BCUT2D eigenvalue weighted by Crippen LogP contribution is 2.28. The summed E-state index contributed by atoms with van der Waals surface area (Å²) in [5, 5.41) is 0. The van der Waals surface area contributed by atoms with Gasteiger partial charge in [0.2, 0.25) is 5.89 Å². The lowest BCUT2D eigenvalue weighted by molar-refractivity contribution is 0.619. The van der Waals surface area contributed by atoms with Gasteiger partial charge in [-0.05, 0) is 49.2 Å². The number of benzene rings is 2. The van der Waals surface area contributed by atoms with Gasteiger partial charge < -0.3 is 4.42 Å². The molecule has 0 amide bonds. The van der Waals surface area contributed by atoms with Crippen molar-refractivity contribution in [3.63, 3.8) is 0 Å². The first-order valence-electron chi connectivity index (χ1n) is 5.77. The molecule has 0 atom stereocenters. The molecule has 0 aliphatic carbocycles. The number of halogens is 1. The van der Waals surface area contributed by atoms with Crippen molar-refractivity contribution in [3.05, 3.63) is 52.0 Å². The molecule has 0 saturated heterocycles. The van der Waals surface area contributed by atoms with E-state index in [0.29, 0.717) is 5.89 Å². The lowest BCUT2D eigenvalue weighted by Crippen LogP contribution is -1.80. The van der Waals surface area contributed by atoms with Crippen LogP contribution in [0.4, 0.5) is 0 Å². The number of oxazole rings is 1. The van der Waals surface area contributed by atoms with Crippen LogP contribution in [0.1, 0.15) is 11.1 Å². The van der Waals surface area contributed by atoms with Crippen molar-refractivity contribution in [1.29, 1.82) is 0 Å². The van der Waals surface area contributed by atoms with E-state index in [1.54, 1.807) is 0 Å². The Labute approximate surface area is 114 Å². The molecule has 0 bridgehead atoms. The molecule has 2 aromatic carbocycles. The van der Waals surface area contributed by atoms with Crippen molar-refractivity contribution >= 4 is 27.0 Å². The highest BCUT2D eigenvalue weighted by Gasteiger charge is 2.09. The zero-order chi connectivity index (χ0) is 12.7. The number of hydrogen-bond acceptors (Lipinski definition) is 2. The van der Waals surface area contributed by atoms with Gasteiger partial charge in [0.1, 0.15) is 5.52 Å². The average molecular weight is 302 g/mol. The van der Waals surface area contributed by atoms with E-state index in [-0.39, 0.29) is 0 Å². The van der Waals surface area contributed by atoms with Gasteiger partial charge in [0, 0.05) is 10.0 Å². The predicted molar refractivity (Wildman–Crippen MR) is 76.6 cm³/mol. The van der Waals surface area contributed by atoms with E-state index in [2.05, 4.69) is 40.8 Å². The van der Waals surface area contributed by atoms with E-state index < -0.39 is 0 Å². The van der Waals surface area contributed by atoms with Gasteiger partial charge in [-0.1, -0.05) is 28.1 Å². The zero-order valence-corrected chi connectivity index (χ0v) is 11.8. The smallest absolute Gasteiger partial charge is 0.227 e. The third-order valence-corrected chi connectivity index (χ3v) is 3.82. The van der Waals surface area contributed by atoms with E-state index >= 15 is 0 Å². The molecule has 2 nitrogen and oxygen atoms in total. The minimum Gasteiger partial charge on any atom is -0.436 e. The monoisotopic (exact) mass is 301 g/mol. The van der Waals surface area contributed by atoms with Crippen LogP contribution in [0.25, 0.3) is 22.6 Å². The van der Waals surface area contributed by atoms with Crippen LogP contribution in [0.2, 0.25) is 0 Å². The molecule has 3 rings (SSSR count). The molecule has 90 valence electrons. The Morgan fingerprint density at radius 1 is 1.06 bits per heavy atom. The Kier molecular flexibility index (Phi) is 2.71. The fraction of sp³-hybridized carbons (Fsp3) is 0.133. The normalized spacial score (nSPS) is 11.1. The molecule has 0 aliphatic heterocycles. The van der Waals surface area contributed by atoms with Crippen LogP contribution in [0.5, 0.6) is 0 Å². The highest BCUT2D eigenvalue weighted by atomic mass is 79.9. The summed E-state index contributed by atoms with van der Waals surface area (Å²) >= 11 is 3.53. The maximum Gasteiger partial charge on any atom is 0.227 e. The van der Waals surface area contributed by atoms with Crippen molar-refractivity contribution in [2.75, 3.05) is 0 Å². The first-order valence-corrected chi connectivity index (χ1v) is 6.56. The molecule has 0 saturated carbocycles. The molecule has 0 N–H and O–H groups in total. The van der Waals surface area contributed by atoms with Crippen molar-refractivity contribution in [2.24, 2.45) is 0 Å². The largest absolute Gasteiger partial charge is 0.436 e. The van der Waals surface area contributed by atoms with Gasteiger partial charge >= 0.3 is 0 Å². The lowest BCUT2D eigenvalue weighted by atomic mass is 10.1. The van der Waals surface area contributed by atoms with Crippen molar-refractivity contribution in [2.45, 2.75) is 13.8 Å². The second kappa shape index (κ2) is 4.25. The number of aryl methyl sites for hydroxylation is 2. The molecule has 1 aromatic heterocycles. The SMILES string of the molecule is Cc1ccc2oc(-c3ccc(C)c(Br)c3)nc2c1. The molecule has 1 heterocycles. The average Bonchev–Trinajstić information content (AvgIpc) is 2.75. The van der Waals surface area contributed by atoms with Gasteiger partial charge in [-0.3, -0.25) is 0 Å². The topological polar surface area (TPSA) is 26.0 Å². The first-order chi connectivity index (χ1) is 8.63. The molecule has 0 radical (unpaired) electrons. The summed E-state index contributed by atoms with van der Waals surface area (Å²) in [4.78, 5) is 4.53. The summed E-state index contributed by atoms with van der Waals surface area (Å²) in [7, 11) is 0. The third kappa shape index (κ3) is 1.95. The molecule has 3 aromatic rings. The second-order valence-corrected chi connectivity index (χ2v) is 5.31. The van der Waals surface area contributed by atoms with Crippen LogP contribution >= 0.6 is 15.9 Å². The maximum absolute atomic E-state index is 5.77. The zero-order valence-electron chi connectivity index (χ0n) is 10.2. The Balaban J connectivity index is 2.16. The quantitative estimate of drug-likeness (QED) is 0.640. The van der Waals surface area contributed by atoms with Crippen molar-refractivity contribution in [1.82, 2.24) is 4.98 Å². The fourth-order valence-electron chi connectivity index (χ4n) is 1.89. The van der Waals surface area contributed by atoms with E-state index in [4.69, 9.17) is 4.42 Å². The highest BCUT2D eigenvalue weighted by molar-refractivity contribution is 9.10. The molecular formula is C15H12BrNO. The number of hydrogen-bond donors (Lipinski definition) is 0. The van der Waals surface area contributed by atoms with Crippen LogP contribution in [-0.2, 0) is 0 Å². The second-order valence-electron chi connectivity index (χ2n) is 4.45. The van der Waals surface area contributed by atoms with E-state index in [1.807, 2.05) is 30.3 Å². The van der Waals surface area contributed by atoms with E-state index in [9.17, 15) is 0 Å². The van der Waals surface area contributed by atoms with Crippen molar-refractivity contribution in [3.8, 4) is 11.5 Å². The standard InChI is InChI=1S/C15H12BrNO/c1-9-3-6-14-13(7-9)17-15(18-14)11-5-4-10(2)12(16)8-11/h3-8H,1-2H3. The van der Waals surface area contributed by atoms with Crippen LogP contribution in [-0.4, -0.2) is 4.98 Å². The summed E-state index contributed by atoms with van der Waals surface area (Å²) in [6, 6.07) is 12.1. The molecule has 0 fully saturated rings. The van der Waals surface area contributed by atoms with Gasteiger partial charge in [0.25, 0.3) is 0 Å². The Hall–Kier alpha value is -1.61. The van der Waals surface area contributed by atoms with Gasteiger partial charge in [-0.2, -0.15) is 0 Å². The fourth-order valence-corrected chi connectivity index (χ4v) is 2.27. The molecule has 0 unspecified atom stereocenters. The summed E-state index contributed by atoms with van der Waals surface area (Å²) < 4.78 is 6.84. The number of fused-ring (bicyclic) bond motifs is 1. The van der Waals surface area contributed by atoms with Crippen LogP contribution < -0.4 is 0 Å². The van der Waals surface area contributed by atoms with E-state index in [1.165, 1.54) is 11.1 Å². The minimum absolute atomic E-state index is 0.663. The number of nitrogens with zero attached hydrogens (tertiary/aromatic N) is 1. The molecule has 3 heteroatoms. The maximum atomic E-state index is 5.77. The predicted octanol–water partition coefficient (Wildman–Crippen LogP) is 4.87. The summed E-state index contributed by atoms with van der Waals surface area (Å²) in [6.45, 7) is 4.11. The van der Waals surface area contributed by atoms with Crippen LogP contribution in [0.15, 0.2) is 45.3 Å². The summed E-state index contributed by atoms with van der Waals surface area (Å²) in [5.74, 6) is 0.663. The molecule has 0 spiro atoms. The molecular weight excluding hydrogens is 290 g/mol. The van der Waals surface area contributed by atoms with E-state index in [0.717, 1.165) is 21.1 Å². The van der Waals surface area contributed by atoms with Gasteiger partial charge in [0.05, 0.1) is 0 Å². The Bertz CT molecular complexity index is 730. The summed E-state index contributed by atoms with van der Waals surface area (Å²) in [5.41, 5.74) is 5.11.